The largest absolute Gasteiger partial charge is 0.491 e. The van der Waals surface area contributed by atoms with E-state index in [0.29, 0.717) is 19.6 Å². The molecule has 1 aromatic rings. The van der Waals surface area contributed by atoms with Gasteiger partial charge in [-0.15, -0.1) is 0 Å². The molecule has 0 unspecified atom stereocenters. The number of hydrogen-bond donors (Lipinski definition) is 1. The minimum atomic E-state index is -3.09. The molecule has 0 radical (unpaired) electrons. The van der Waals surface area contributed by atoms with Crippen LogP contribution in [0.25, 0.3) is 0 Å². The van der Waals surface area contributed by atoms with Gasteiger partial charge in [-0.05, 0) is 32.9 Å². The lowest BCUT2D eigenvalue weighted by atomic mass is 10.2. The van der Waals surface area contributed by atoms with Gasteiger partial charge in [0.15, 0.2) is 0 Å². The predicted octanol–water partition coefficient (Wildman–Crippen LogP) is 2.24. The first-order chi connectivity index (χ1) is 10.3. The average Bonchev–Trinajstić information content (AvgIpc) is 2.42. The standard InChI is InChI=1S/C16H28N2O3S/c1-5-18(22(4,19)20)12-8-11-17-13-15-9-6-7-10-16(15)21-14(2)3/h6-7,9-10,14,17H,5,8,11-13H2,1-4H3. The van der Waals surface area contributed by atoms with Crippen LogP contribution in [0.2, 0.25) is 0 Å². The number of nitrogens with one attached hydrogen (secondary N) is 1. The van der Waals surface area contributed by atoms with E-state index in [1.165, 1.54) is 10.6 Å². The third-order valence-corrected chi connectivity index (χ3v) is 4.61. The van der Waals surface area contributed by atoms with E-state index in [1.54, 1.807) is 0 Å². The lowest BCUT2D eigenvalue weighted by Crippen LogP contribution is -2.32. The van der Waals surface area contributed by atoms with E-state index >= 15 is 0 Å². The molecule has 0 saturated heterocycles. The molecule has 1 rings (SSSR count). The van der Waals surface area contributed by atoms with Crippen molar-refractivity contribution in [2.45, 2.75) is 39.8 Å². The Balaban J connectivity index is 2.39. The van der Waals surface area contributed by atoms with Crippen molar-refractivity contribution in [1.82, 2.24) is 9.62 Å². The lowest BCUT2D eigenvalue weighted by Gasteiger charge is -2.18. The zero-order valence-electron chi connectivity index (χ0n) is 14.0. The van der Waals surface area contributed by atoms with Gasteiger partial charge in [-0.25, -0.2) is 12.7 Å². The molecule has 1 N–H and O–H groups in total. The summed E-state index contributed by atoms with van der Waals surface area (Å²) in [5.41, 5.74) is 1.12. The zero-order valence-corrected chi connectivity index (χ0v) is 14.8. The van der Waals surface area contributed by atoms with Crippen LogP contribution in [0.4, 0.5) is 0 Å². The molecule has 0 aliphatic heterocycles. The van der Waals surface area contributed by atoms with Gasteiger partial charge in [0, 0.05) is 25.2 Å². The number of benzene rings is 1. The van der Waals surface area contributed by atoms with Crippen molar-refractivity contribution in [3.8, 4) is 5.75 Å². The Morgan fingerprint density at radius 1 is 1.27 bits per heavy atom. The summed E-state index contributed by atoms with van der Waals surface area (Å²) in [6.07, 6.45) is 2.19. The molecular formula is C16H28N2O3S. The highest BCUT2D eigenvalue weighted by Crippen LogP contribution is 2.19. The fraction of sp³-hybridized carbons (Fsp3) is 0.625. The van der Waals surface area contributed by atoms with Crippen LogP contribution in [-0.2, 0) is 16.6 Å². The maximum Gasteiger partial charge on any atom is 0.211 e. The highest BCUT2D eigenvalue weighted by atomic mass is 32.2. The monoisotopic (exact) mass is 328 g/mol. The first kappa shape index (κ1) is 18.9. The molecule has 0 spiro atoms. The van der Waals surface area contributed by atoms with Gasteiger partial charge in [-0.3, -0.25) is 0 Å². The van der Waals surface area contributed by atoms with Crippen LogP contribution in [-0.4, -0.2) is 44.7 Å². The van der Waals surface area contributed by atoms with Crippen molar-refractivity contribution in [2.24, 2.45) is 0 Å². The minimum Gasteiger partial charge on any atom is -0.491 e. The summed E-state index contributed by atoms with van der Waals surface area (Å²) in [6, 6.07) is 7.97. The Morgan fingerprint density at radius 2 is 1.95 bits per heavy atom. The highest BCUT2D eigenvalue weighted by Gasteiger charge is 2.13. The topological polar surface area (TPSA) is 58.6 Å². The molecule has 0 amide bonds. The van der Waals surface area contributed by atoms with E-state index in [-0.39, 0.29) is 6.10 Å². The van der Waals surface area contributed by atoms with Crippen molar-refractivity contribution >= 4 is 10.0 Å². The van der Waals surface area contributed by atoms with Crippen molar-refractivity contribution in [1.29, 1.82) is 0 Å². The fourth-order valence-electron chi connectivity index (χ4n) is 2.18. The molecule has 0 atom stereocenters. The number of hydrogen-bond acceptors (Lipinski definition) is 4. The van der Waals surface area contributed by atoms with E-state index in [0.717, 1.165) is 24.3 Å². The molecule has 0 aromatic heterocycles. The summed E-state index contributed by atoms with van der Waals surface area (Å²) in [5, 5.41) is 3.34. The van der Waals surface area contributed by atoms with Crippen LogP contribution in [0.5, 0.6) is 5.75 Å². The first-order valence-electron chi connectivity index (χ1n) is 7.75. The van der Waals surface area contributed by atoms with E-state index < -0.39 is 10.0 Å². The second-order valence-corrected chi connectivity index (χ2v) is 7.54. The predicted molar refractivity (Wildman–Crippen MR) is 90.6 cm³/mol. The van der Waals surface area contributed by atoms with E-state index in [2.05, 4.69) is 5.32 Å². The maximum atomic E-state index is 11.5. The average molecular weight is 328 g/mol. The number of para-hydroxylation sites is 1. The molecule has 0 aliphatic carbocycles. The Hall–Kier alpha value is -1.11. The van der Waals surface area contributed by atoms with Gasteiger partial charge in [-0.1, -0.05) is 25.1 Å². The number of nitrogens with zero attached hydrogens (tertiary/aromatic N) is 1. The Labute approximate surface area is 134 Å². The van der Waals surface area contributed by atoms with Crippen LogP contribution >= 0.6 is 0 Å². The minimum absolute atomic E-state index is 0.147. The summed E-state index contributed by atoms with van der Waals surface area (Å²) in [7, 11) is -3.09. The normalized spacial score (nSPS) is 12.1. The first-order valence-corrected chi connectivity index (χ1v) is 9.59. The van der Waals surface area contributed by atoms with E-state index in [9.17, 15) is 8.42 Å². The van der Waals surface area contributed by atoms with Crippen molar-refractivity contribution in [3.63, 3.8) is 0 Å². The summed E-state index contributed by atoms with van der Waals surface area (Å²) in [4.78, 5) is 0. The van der Waals surface area contributed by atoms with Gasteiger partial charge in [0.2, 0.25) is 10.0 Å². The molecule has 22 heavy (non-hydrogen) atoms. The van der Waals surface area contributed by atoms with E-state index in [1.807, 2.05) is 45.0 Å². The maximum absolute atomic E-state index is 11.5. The Kier molecular flexibility index (Phi) is 7.85. The lowest BCUT2D eigenvalue weighted by molar-refractivity contribution is 0.239. The van der Waals surface area contributed by atoms with Crippen LogP contribution in [0, 0.1) is 0 Å². The van der Waals surface area contributed by atoms with E-state index in [4.69, 9.17) is 4.74 Å². The van der Waals surface area contributed by atoms with Crippen LogP contribution in [0.1, 0.15) is 32.8 Å². The molecule has 126 valence electrons. The molecule has 0 aliphatic rings. The van der Waals surface area contributed by atoms with Gasteiger partial charge in [0.1, 0.15) is 5.75 Å². The van der Waals surface area contributed by atoms with Crippen molar-refractivity contribution in [2.75, 3.05) is 25.9 Å². The van der Waals surface area contributed by atoms with Gasteiger partial charge in [-0.2, -0.15) is 0 Å². The Morgan fingerprint density at radius 3 is 2.55 bits per heavy atom. The molecule has 1 aromatic carbocycles. The quantitative estimate of drug-likeness (QED) is 0.669. The van der Waals surface area contributed by atoms with Gasteiger partial charge in [0.05, 0.1) is 12.4 Å². The smallest absolute Gasteiger partial charge is 0.211 e. The van der Waals surface area contributed by atoms with Gasteiger partial charge < -0.3 is 10.1 Å². The van der Waals surface area contributed by atoms with Crippen molar-refractivity contribution < 1.29 is 13.2 Å². The summed E-state index contributed by atoms with van der Waals surface area (Å²) in [6.45, 7) is 8.42. The molecular weight excluding hydrogens is 300 g/mol. The van der Waals surface area contributed by atoms with Crippen molar-refractivity contribution in [3.05, 3.63) is 29.8 Å². The van der Waals surface area contributed by atoms with Crippen LogP contribution in [0.3, 0.4) is 0 Å². The number of ether oxygens (including phenoxy) is 1. The summed E-state index contributed by atoms with van der Waals surface area (Å²) in [5.74, 6) is 0.899. The molecule has 6 heteroatoms. The number of sulfonamides is 1. The summed E-state index contributed by atoms with van der Waals surface area (Å²) < 4.78 is 30.2. The van der Waals surface area contributed by atoms with Gasteiger partial charge >= 0.3 is 0 Å². The second kappa shape index (κ2) is 9.12. The Bertz CT molecular complexity index is 544. The molecule has 0 bridgehead atoms. The highest BCUT2D eigenvalue weighted by molar-refractivity contribution is 7.88. The third-order valence-electron chi connectivity index (χ3n) is 3.23. The van der Waals surface area contributed by atoms with Gasteiger partial charge in [0.25, 0.3) is 0 Å². The molecule has 0 saturated carbocycles. The molecule has 5 nitrogen and oxygen atoms in total. The summed E-state index contributed by atoms with van der Waals surface area (Å²) >= 11 is 0. The third kappa shape index (κ3) is 6.77. The fourth-order valence-corrected chi connectivity index (χ4v) is 3.11. The SMILES string of the molecule is CCN(CCCNCc1ccccc1OC(C)C)S(C)(=O)=O. The van der Waals surface area contributed by atoms with Crippen LogP contribution < -0.4 is 10.1 Å². The number of rotatable bonds is 10. The molecule has 0 fully saturated rings. The zero-order chi connectivity index (χ0) is 16.6. The molecule has 0 heterocycles. The second-order valence-electron chi connectivity index (χ2n) is 5.56. The van der Waals surface area contributed by atoms with Crippen LogP contribution in [0.15, 0.2) is 24.3 Å².